The van der Waals surface area contributed by atoms with Crippen molar-refractivity contribution < 1.29 is 5.11 Å². The molecule has 0 fully saturated rings. The number of hydrogen-bond donors (Lipinski definition) is 1. The van der Waals surface area contributed by atoms with Gasteiger partial charge >= 0.3 is 0 Å². The Morgan fingerprint density at radius 3 is 2.58 bits per heavy atom. The van der Waals surface area contributed by atoms with E-state index >= 15 is 0 Å². The number of nitrogens with zero attached hydrogens (tertiary/aromatic N) is 4. The summed E-state index contributed by atoms with van der Waals surface area (Å²) >= 11 is 1.38. The van der Waals surface area contributed by atoms with Crippen molar-refractivity contribution in [1.29, 1.82) is 5.26 Å². The van der Waals surface area contributed by atoms with Gasteiger partial charge in [0.05, 0.1) is 23.5 Å². The highest BCUT2D eigenvalue weighted by atomic mass is 32.1. The number of benzene rings is 2. The molecule has 0 spiro atoms. The maximum atomic E-state index is 10.5. The summed E-state index contributed by atoms with van der Waals surface area (Å²) in [4.78, 5) is 5.12. The maximum Gasteiger partial charge on any atom is 0.212 e. The Kier molecular flexibility index (Phi) is 4.25. The minimum absolute atomic E-state index is 0.489. The van der Waals surface area contributed by atoms with Gasteiger partial charge in [-0.2, -0.15) is 10.4 Å². The maximum absolute atomic E-state index is 10.5. The third kappa shape index (κ3) is 3.10. The monoisotopic (exact) mass is 359 g/mol. The van der Waals surface area contributed by atoms with Gasteiger partial charge in [0.1, 0.15) is 11.1 Å². The van der Waals surface area contributed by atoms with Crippen LogP contribution >= 0.6 is 11.3 Å². The van der Waals surface area contributed by atoms with E-state index in [0.29, 0.717) is 17.0 Å². The zero-order chi connectivity index (χ0) is 18.1. The molecule has 1 radical (unpaired) electrons. The van der Waals surface area contributed by atoms with E-state index in [1.807, 2.05) is 36.4 Å². The quantitative estimate of drug-likeness (QED) is 0.602. The number of nitriles is 1. The highest BCUT2D eigenvalue weighted by molar-refractivity contribution is 7.16. The van der Waals surface area contributed by atoms with Crippen molar-refractivity contribution >= 4 is 16.3 Å². The second-order valence-electron chi connectivity index (χ2n) is 6.00. The number of imidazole rings is 1. The van der Waals surface area contributed by atoms with Gasteiger partial charge in [-0.25, -0.2) is 9.50 Å². The molecule has 0 saturated heterocycles. The highest BCUT2D eigenvalue weighted by Crippen LogP contribution is 2.28. The van der Waals surface area contributed by atoms with E-state index in [0.717, 1.165) is 27.3 Å². The topological polar surface area (TPSA) is 74.2 Å². The van der Waals surface area contributed by atoms with E-state index in [9.17, 15) is 5.11 Å². The summed E-state index contributed by atoms with van der Waals surface area (Å²) in [6.45, 7) is 3.87. The summed E-state index contributed by atoms with van der Waals surface area (Å²) in [6.07, 6.45) is 1.55. The minimum Gasteiger partial charge on any atom is -0.385 e. The summed E-state index contributed by atoms with van der Waals surface area (Å²) < 4.78 is 1.74. The molecule has 0 aliphatic rings. The number of aliphatic hydroxyl groups excluding tert-OH is 1. The van der Waals surface area contributed by atoms with Crippen LogP contribution in [0, 0.1) is 18.3 Å². The third-order valence-corrected chi connectivity index (χ3v) is 5.17. The van der Waals surface area contributed by atoms with Crippen LogP contribution in [0.4, 0.5) is 0 Å². The Balaban J connectivity index is 1.62. The summed E-state index contributed by atoms with van der Waals surface area (Å²) in [7, 11) is 0. The van der Waals surface area contributed by atoms with E-state index in [1.165, 1.54) is 11.3 Å². The molecule has 2 aromatic heterocycles. The van der Waals surface area contributed by atoms with E-state index in [4.69, 9.17) is 5.26 Å². The van der Waals surface area contributed by atoms with Gasteiger partial charge < -0.3 is 5.11 Å². The second kappa shape index (κ2) is 6.71. The summed E-state index contributed by atoms with van der Waals surface area (Å²) in [5.74, 6) is 0. The average molecular weight is 359 g/mol. The van der Waals surface area contributed by atoms with Crippen LogP contribution in [-0.4, -0.2) is 19.7 Å². The molecule has 6 heteroatoms. The van der Waals surface area contributed by atoms with Crippen LogP contribution in [0.5, 0.6) is 0 Å². The summed E-state index contributed by atoms with van der Waals surface area (Å²) in [6, 6.07) is 17.2. The molecule has 4 aromatic rings. The highest BCUT2D eigenvalue weighted by Gasteiger charge is 2.17. The molecular weight excluding hydrogens is 344 g/mol. The van der Waals surface area contributed by atoms with Gasteiger partial charge in [-0.1, -0.05) is 47.7 Å². The zero-order valence-corrected chi connectivity index (χ0v) is 14.6. The van der Waals surface area contributed by atoms with Crippen molar-refractivity contribution in [3.63, 3.8) is 0 Å². The Morgan fingerprint density at radius 1 is 1.15 bits per heavy atom. The minimum atomic E-state index is -0.689. The molecule has 2 heterocycles. The van der Waals surface area contributed by atoms with Gasteiger partial charge in [-0.05, 0) is 30.2 Å². The molecule has 2 aromatic carbocycles. The standard InChI is InChI=1S/C20H15N4OS/c1-13-2-4-14(5-3-13)10-18(25)19-23-24-17(12-22-20(24)26-19)16-8-6-15(11-21)7-9-16/h2-9,12,18,25H,1,10H2. The van der Waals surface area contributed by atoms with Crippen LogP contribution in [0.3, 0.4) is 0 Å². The normalized spacial score (nSPS) is 12.2. The van der Waals surface area contributed by atoms with Gasteiger partial charge in [-0.3, -0.25) is 0 Å². The number of rotatable bonds is 4. The van der Waals surface area contributed by atoms with Crippen LogP contribution in [0.15, 0.2) is 54.7 Å². The zero-order valence-electron chi connectivity index (χ0n) is 13.8. The van der Waals surface area contributed by atoms with Crippen LogP contribution < -0.4 is 0 Å². The first-order valence-electron chi connectivity index (χ1n) is 8.08. The second-order valence-corrected chi connectivity index (χ2v) is 6.99. The molecule has 0 saturated carbocycles. The molecular formula is C20H15N4OS. The van der Waals surface area contributed by atoms with E-state index < -0.39 is 6.10 Å². The van der Waals surface area contributed by atoms with Crippen molar-refractivity contribution in [3.8, 4) is 17.3 Å². The molecule has 0 amide bonds. The number of hydrogen-bond acceptors (Lipinski definition) is 5. The molecule has 26 heavy (non-hydrogen) atoms. The van der Waals surface area contributed by atoms with Crippen molar-refractivity contribution in [3.05, 3.63) is 83.3 Å². The lowest BCUT2D eigenvalue weighted by atomic mass is 10.1. The molecule has 1 atom stereocenters. The molecule has 4 rings (SSSR count). The number of aromatic nitrogens is 3. The first kappa shape index (κ1) is 16.5. The van der Waals surface area contributed by atoms with Crippen LogP contribution in [0.2, 0.25) is 0 Å². The van der Waals surface area contributed by atoms with Crippen LogP contribution in [0.1, 0.15) is 27.8 Å². The predicted octanol–water partition coefficient (Wildman–Crippen LogP) is 3.79. The number of fused-ring (bicyclic) bond motifs is 1. The lowest BCUT2D eigenvalue weighted by molar-refractivity contribution is 0.177. The first-order chi connectivity index (χ1) is 12.6. The van der Waals surface area contributed by atoms with E-state index in [-0.39, 0.29) is 0 Å². The fraction of sp³-hybridized carbons (Fsp3) is 0.100. The fourth-order valence-electron chi connectivity index (χ4n) is 2.74. The Labute approximate surface area is 154 Å². The van der Waals surface area contributed by atoms with Gasteiger partial charge in [0.25, 0.3) is 0 Å². The third-order valence-electron chi connectivity index (χ3n) is 4.15. The molecule has 0 aliphatic carbocycles. The van der Waals surface area contributed by atoms with Crippen molar-refractivity contribution in [2.24, 2.45) is 0 Å². The molecule has 1 unspecified atom stereocenters. The van der Waals surface area contributed by atoms with E-state index in [1.54, 1.807) is 22.8 Å². The summed E-state index contributed by atoms with van der Waals surface area (Å²) in [5.41, 5.74) is 4.35. The lowest BCUT2D eigenvalue weighted by Crippen LogP contribution is -2.02. The van der Waals surface area contributed by atoms with Crippen LogP contribution in [0.25, 0.3) is 16.2 Å². The average Bonchev–Trinajstić information content (AvgIpc) is 3.24. The van der Waals surface area contributed by atoms with E-state index in [2.05, 4.69) is 23.1 Å². The van der Waals surface area contributed by atoms with Crippen molar-refractivity contribution in [2.75, 3.05) is 0 Å². The lowest BCUT2D eigenvalue weighted by Gasteiger charge is -2.07. The van der Waals surface area contributed by atoms with Gasteiger partial charge in [-0.15, -0.1) is 0 Å². The molecule has 0 bridgehead atoms. The van der Waals surface area contributed by atoms with Gasteiger partial charge in [0, 0.05) is 12.0 Å². The van der Waals surface area contributed by atoms with Crippen molar-refractivity contribution in [2.45, 2.75) is 12.5 Å². The molecule has 127 valence electrons. The van der Waals surface area contributed by atoms with Crippen LogP contribution in [-0.2, 0) is 6.42 Å². The Bertz CT molecular complexity index is 1090. The molecule has 5 nitrogen and oxygen atoms in total. The predicted molar refractivity (Wildman–Crippen MR) is 101 cm³/mol. The Morgan fingerprint density at radius 2 is 1.88 bits per heavy atom. The van der Waals surface area contributed by atoms with Gasteiger partial charge in [0.2, 0.25) is 4.96 Å². The fourth-order valence-corrected chi connectivity index (χ4v) is 3.60. The Hall–Kier alpha value is -3.01. The summed E-state index contributed by atoms with van der Waals surface area (Å²) in [5, 5.41) is 24.6. The SMILES string of the molecule is [CH2]c1ccc(CC(O)c2nn3c(-c4ccc(C#N)cc4)cnc3s2)cc1. The molecule has 1 N–H and O–H groups in total. The molecule has 0 aliphatic heterocycles. The smallest absolute Gasteiger partial charge is 0.212 e. The van der Waals surface area contributed by atoms with Gasteiger partial charge in [0.15, 0.2) is 0 Å². The number of aliphatic hydroxyl groups is 1. The largest absolute Gasteiger partial charge is 0.385 e. The van der Waals surface area contributed by atoms with Crippen molar-refractivity contribution in [1.82, 2.24) is 14.6 Å². The first-order valence-corrected chi connectivity index (χ1v) is 8.89.